The molecule has 7 rings (SSSR count). The van der Waals surface area contributed by atoms with Crippen LogP contribution >= 0.6 is 15.9 Å². The number of hydrogen-bond donors (Lipinski definition) is 1. The van der Waals surface area contributed by atoms with E-state index in [1.807, 2.05) is 37.3 Å². The summed E-state index contributed by atoms with van der Waals surface area (Å²) in [5, 5.41) is 8.37. The van der Waals surface area contributed by atoms with Crippen LogP contribution in [0.15, 0.2) is 59.5 Å². The lowest BCUT2D eigenvalue weighted by Crippen LogP contribution is -2.47. The number of benzene rings is 1. The summed E-state index contributed by atoms with van der Waals surface area (Å²) in [7, 11) is 2.14. The van der Waals surface area contributed by atoms with E-state index in [0.29, 0.717) is 45.7 Å². The number of nitrogens with zero attached hydrogens (tertiary/aromatic N) is 7. The van der Waals surface area contributed by atoms with E-state index in [1.54, 1.807) is 22.0 Å². The van der Waals surface area contributed by atoms with Crippen molar-refractivity contribution in [2.45, 2.75) is 71.0 Å². The van der Waals surface area contributed by atoms with Gasteiger partial charge in [-0.3, -0.25) is 19.1 Å². The topological polar surface area (TPSA) is 126 Å². The van der Waals surface area contributed by atoms with Gasteiger partial charge in [0.05, 0.1) is 5.52 Å². The number of ketones is 1. The summed E-state index contributed by atoms with van der Waals surface area (Å²) in [6.45, 7) is 5.01. The third kappa shape index (κ3) is 6.30. The van der Waals surface area contributed by atoms with Crippen LogP contribution in [-0.4, -0.2) is 84.4 Å². The van der Waals surface area contributed by atoms with Gasteiger partial charge in [0.2, 0.25) is 11.8 Å². The summed E-state index contributed by atoms with van der Waals surface area (Å²) in [5.41, 5.74) is 3.42. The molecule has 2 bridgehead atoms. The minimum atomic E-state index is -0.649. The van der Waals surface area contributed by atoms with Crippen LogP contribution in [-0.2, 0) is 22.6 Å². The SMILES string of the molecule is CC(=O)c1nn(CC(=O)N2[C@H]3C[C@]4(C[C@@H]24)CN(C)CCCC/C=C\Cc2ccc(Br)nc2NC3=O)c2ccc(-c3cnc(C)nc3)cc12. The highest BCUT2D eigenvalue weighted by Gasteiger charge is 2.67. The predicted molar refractivity (Wildman–Crippen MR) is 186 cm³/mol. The number of Topliss-reactive ketones (excluding diaryl/α,β-unsaturated/α-hetero) is 1. The molecule has 1 saturated heterocycles. The molecular formula is C36H39BrN8O3. The third-order valence-electron chi connectivity index (χ3n) is 9.93. The molecule has 2 amide bonds. The molecule has 3 atom stereocenters. The molecule has 48 heavy (non-hydrogen) atoms. The lowest BCUT2D eigenvalue weighted by molar-refractivity contribution is -0.138. The van der Waals surface area contributed by atoms with E-state index in [-0.39, 0.29) is 35.6 Å². The summed E-state index contributed by atoms with van der Waals surface area (Å²) in [5.74, 6) is 0.554. The molecule has 1 N–H and O–H groups in total. The smallest absolute Gasteiger partial charge is 0.248 e. The van der Waals surface area contributed by atoms with E-state index in [2.05, 4.69) is 65.4 Å². The molecule has 0 unspecified atom stereocenters. The largest absolute Gasteiger partial charge is 0.325 e. The Bertz CT molecular complexity index is 1940. The normalized spacial score (nSPS) is 23.8. The van der Waals surface area contributed by atoms with Gasteiger partial charge in [0.1, 0.15) is 34.5 Å². The molecule has 4 aromatic rings. The standard InChI is InChI=1S/C36H39BrN8O3/c1-22(46)33-27-15-25(26-18-38-23(2)39-19-26)10-12-28(27)44(42-33)20-32(47)45-29-16-36(17-30(36)45)21-43(3)14-8-6-4-5-7-9-24-11-13-31(37)40-34(24)41-35(29)48/h5,7,10-13,15,18-19,29-30H,4,6,8-9,14,16-17,20-21H2,1-3H3,(H,40,41,48)/b7-5-/t29-,30+,36-/m0/s1. The number of hydrogen-bond acceptors (Lipinski definition) is 8. The second-order valence-electron chi connectivity index (χ2n) is 13.5. The average Bonchev–Trinajstić information content (AvgIpc) is 3.45. The minimum absolute atomic E-state index is 0.0438. The Hall–Kier alpha value is -4.29. The highest BCUT2D eigenvalue weighted by atomic mass is 79.9. The number of fused-ring (bicyclic) bond motifs is 3. The molecule has 3 aromatic heterocycles. The van der Waals surface area contributed by atoms with Gasteiger partial charge >= 0.3 is 0 Å². The van der Waals surface area contributed by atoms with Crippen molar-refractivity contribution in [3.63, 3.8) is 0 Å². The van der Waals surface area contributed by atoms with Crippen LogP contribution < -0.4 is 5.32 Å². The van der Waals surface area contributed by atoms with Crippen LogP contribution in [0.4, 0.5) is 5.82 Å². The highest BCUT2D eigenvalue weighted by molar-refractivity contribution is 9.10. The number of anilines is 1. The molecule has 248 valence electrons. The first-order valence-electron chi connectivity index (χ1n) is 16.5. The number of piperidine rings is 1. The number of amides is 2. The van der Waals surface area contributed by atoms with Crippen molar-refractivity contribution in [1.82, 2.24) is 34.5 Å². The van der Waals surface area contributed by atoms with Crippen LogP contribution in [0.25, 0.3) is 22.0 Å². The van der Waals surface area contributed by atoms with Crippen molar-refractivity contribution in [1.29, 1.82) is 0 Å². The van der Waals surface area contributed by atoms with Crippen LogP contribution in [0.2, 0.25) is 0 Å². The Morgan fingerprint density at radius 3 is 2.67 bits per heavy atom. The molecule has 1 aliphatic carbocycles. The summed E-state index contributed by atoms with van der Waals surface area (Å²) >= 11 is 3.46. The first-order chi connectivity index (χ1) is 23.1. The number of carbonyl (C=O) groups excluding carboxylic acids is 3. The van der Waals surface area contributed by atoms with Crippen LogP contribution in [0.1, 0.15) is 60.9 Å². The summed E-state index contributed by atoms with van der Waals surface area (Å²) in [6.07, 6.45) is 13.1. The maximum absolute atomic E-state index is 14.3. The number of likely N-dealkylation sites (tertiary alicyclic amines) is 1. The van der Waals surface area contributed by atoms with Crippen molar-refractivity contribution >= 4 is 50.2 Å². The van der Waals surface area contributed by atoms with Gasteiger partial charge in [0.15, 0.2) is 5.78 Å². The van der Waals surface area contributed by atoms with E-state index in [1.165, 1.54) is 6.92 Å². The molecule has 0 radical (unpaired) electrons. The van der Waals surface area contributed by atoms with Gasteiger partial charge in [-0.05, 0) is 104 Å². The van der Waals surface area contributed by atoms with Crippen molar-refractivity contribution in [2.75, 3.05) is 25.5 Å². The van der Waals surface area contributed by atoms with E-state index in [9.17, 15) is 14.4 Å². The van der Waals surface area contributed by atoms with Gasteiger partial charge in [-0.2, -0.15) is 5.10 Å². The lowest BCUT2D eigenvalue weighted by atomic mass is 9.98. The van der Waals surface area contributed by atoms with E-state index >= 15 is 0 Å². The number of carbonyl (C=O) groups is 3. The minimum Gasteiger partial charge on any atom is -0.325 e. The fourth-order valence-electron chi connectivity index (χ4n) is 7.46. The Labute approximate surface area is 288 Å². The average molecular weight is 712 g/mol. The quantitative estimate of drug-likeness (QED) is 0.170. The van der Waals surface area contributed by atoms with Crippen molar-refractivity contribution in [2.24, 2.45) is 5.41 Å². The number of rotatable bonds is 4. The van der Waals surface area contributed by atoms with Gasteiger partial charge in [0, 0.05) is 48.3 Å². The summed E-state index contributed by atoms with van der Waals surface area (Å²) in [4.78, 5) is 58.5. The molecule has 2 aliphatic heterocycles. The highest BCUT2D eigenvalue weighted by Crippen LogP contribution is 2.60. The number of aromatic nitrogens is 5. The van der Waals surface area contributed by atoms with E-state index < -0.39 is 6.04 Å². The molecule has 5 heterocycles. The molecule has 3 aliphatic rings. The Morgan fingerprint density at radius 2 is 1.88 bits per heavy atom. The predicted octanol–water partition coefficient (Wildman–Crippen LogP) is 5.37. The number of aryl methyl sites for hydroxylation is 1. The molecule has 2 fully saturated rings. The van der Waals surface area contributed by atoms with E-state index in [4.69, 9.17) is 0 Å². The summed E-state index contributed by atoms with van der Waals surface area (Å²) < 4.78 is 2.23. The van der Waals surface area contributed by atoms with Gasteiger partial charge in [-0.1, -0.05) is 24.3 Å². The first-order valence-corrected chi connectivity index (χ1v) is 17.3. The first kappa shape index (κ1) is 32.3. The maximum atomic E-state index is 14.3. The molecule has 1 spiro atoms. The van der Waals surface area contributed by atoms with Crippen LogP contribution in [0.5, 0.6) is 0 Å². The number of halogens is 1. The molecule has 1 aromatic carbocycles. The number of pyridine rings is 1. The zero-order valence-corrected chi connectivity index (χ0v) is 29.0. The van der Waals surface area contributed by atoms with Gasteiger partial charge in [-0.25, -0.2) is 15.0 Å². The molecule has 1 saturated carbocycles. The van der Waals surface area contributed by atoms with Gasteiger partial charge in [0.25, 0.3) is 0 Å². The van der Waals surface area contributed by atoms with Crippen molar-refractivity contribution in [3.8, 4) is 11.1 Å². The fourth-order valence-corrected chi connectivity index (χ4v) is 7.77. The fraction of sp³-hybridized carbons (Fsp3) is 0.417. The zero-order chi connectivity index (χ0) is 33.6. The molecule has 11 nitrogen and oxygen atoms in total. The molecule has 12 heteroatoms. The van der Waals surface area contributed by atoms with Gasteiger partial charge < -0.3 is 15.1 Å². The lowest BCUT2D eigenvalue weighted by Gasteiger charge is -2.27. The third-order valence-corrected chi connectivity index (χ3v) is 10.4. The Kier molecular flexibility index (Phi) is 8.71. The Balaban J connectivity index is 1.20. The van der Waals surface area contributed by atoms with E-state index in [0.717, 1.165) is 55.5 Å². The van der Waals surface area contributed by atoms with Crippen LogP contribution in [0, 0.1) is 12.3 Å². The van der Waals surface area contributed by atoms with Gasteiger partial charge in [-0.15, -0.1) is 0 Å². The Morgan fingerprint density at radius 1 is 1.06 bits per heavy atom. The monoisotopic (exact) mass is 710 g/mol. The zero-order valence-electron chi connectivity index (χ0n) is 27.4. The molecular weight excluding hydrogens is 672 g/mol. The van der Waals surface area contributed by atoms with Crippen molar-refractivity contribution in [3.05, 3.63) is 76.6 Å². The second-order valence-corrected chi connectivity index (χ2v) is 14.3. The van der Waals surface area contributed by atoms with Crippen molar-refractivity contribution < 1.29 is 14.4 Å². The maximum Gasteiger partial charge on any atom is 0.248 e. The summed E-state index contributed by atoms with van der Waals surface area (Å²) in [6, 6.07) is 8.86. The number of allylic oxidation sites excluding steroid dienone is 2. The number of nitrogens with one attached hydrogen (secondary N) is 1. The second kappa shape index (κ2) is 13.0. The van der Waals surface area contributed by atoms with Crippen LogP contribution in [0.3, 0.4) is 0 Å².